The number of benzene rings is 1. The van der Waals surface area contributed by atoms with Crippen molar-refractivity contribution in [2.24, 2.45) is 5.92 Å². The highest BCUT2D eigenvalue weighted by Gasteiger charge is 2.36. The Kier molecular flexibility index (Phi) is 6.28. The summed E-state index contributed by atoms with van der Waals surface area (Å²) in [5, 5.41) is 14.0. The van der Waals surface area contributed by atoms with E-state index in [9.17, 15) is 5.11 Å². The second-order valence-electron chi connectivity index (χ2n) is 9.48. The molecule has 0 unspecified atom stereocenters. The van der Waals surface area contributed by atoms with Crippen molar-refractivity contribution >= 4 is 0 Å². The molecule has 8 nitrogen and oxygen atoms in total. The van der Waals surface area contributed by atoms with Crippen LogP contribution >= 0.6 is 0 Å². The molecule has 3 aromatic rings. The van der Waals surface area contributed by atoms with Gasteiger partial charge in [0.05, 0.1) is 19.3 Å². The molecule has 1 N–H and O–H groups in total. The number of aliphatic hydroxyl groups is 1. The lowest BCUT2D eigenvalue weighted by Gasteiger charge is -2.37. The molecule has 0 aliphatic carbocycles. The van der Waals surface area contributed by atoms with Crippen LogP contribution < -0.4 is 0 Å². The van der Waals surface area contributed by atoms with Crippen molar-refractivity contribution in [3.05, 3.63) is 59.8 Å². The zero-order valence-electron chi connectivity index (χ0n) is 19.8. The van der Waals surface area contributed by atoms with E-state index in [1.807, 2.05) is 54.9 Å². The maximum atomic E-state index is 9.82. The summed E-state index contributed by atoms with van der Waals surface area (Å²) < 4.78 is 18.9. The van der Waals surface area contributed by atoms with Gasteiger partial charge in [-0.25, -0.2) is 4.98 Å². The fourth-order valence-electron chi connectivity index (χ4n) is 4.37. The zero-order chi connectivity index (χ0) is 23.7. The van der Waals surface area contributed by atoms with E-state index in [0.29, 0.717) is 30.7 Å². The number of nitrogens with zero attached hydrogens (tertiary/aromatic N) is 4. The van der Waals surface area contributed by atoms with E-state index in [1.165, 1.54) is 0 Å². The number of ether oxygens (including phenoxy) is 2. The molecule has 0 amide bonds. The van der Waals surface area contributed by atoms with Crippen LogP contribution in [0.4, 0.5) is 0 Å². The van der Waals surface area contributed by atoms with Crippen LogP contribution in [0, 0.1) is 17.8 Å². The van der Waals surface area contributed by atoms with Gasteiger partial charge in [-0.2, -0.15) is 0 Å². The second-order valence-corrected chi connectivity index (χ2v) is 9.48. The standard InChI is InChI=1S/C26H30N4O4/c1-18(31)25-27-10-11-30(25)15-22-12-24(34-28-22)21-8-6-19(7-9-21)4-5-20-13-29(14-20)16-23-17-32-26(2,3)33-23/h6-12,18,20,23,31H,13-17H2,1-3H3/t18-,23-/m0/s1. The van der Waals surface area contributed by atoms with Crippen molar-refractivity contribution < 1.29 is 19.1 Å². The van der Waals surface area contributed by atoms with Crippen molar-refractivity contribution in [1.82, 2.24) is 19.6 Å². The fourth-order valence-corrected chi connectivity index (χ4v) is 4.37. The van der Waals surface area contributed by atoms with Crippen molar-refractivity contribution in [2.75, 3.05) is 26.2 Å². The van der Waals surface area contributed by atoms with Crippen LogP contribution in [0.2, 0.25) is 0 Å². The van der Waals surface area contributed by atoms with Gasteiger partial charge in [0, 0.05) is 55.1 Å². The quantitative estimate of drug-likeness (QED) is 0.564. The minimum atomic E-state index is -0.638. The molecule has 34 heavy (non-hydrogen) atoms. The molecule has 0 bridgehead atoms. The summed E-state index contributed by atoms with van der Waals surface area (Å²) in [6.45, 7) is 9.60. The van der Waals surface area contributed by atoms with Crippen LogP contribution in [0.1, 0.15) is 44.0 Å². The maximum absolute atomic E-state index is 9.82. The Morgan fingerprint density at radius 1 is 1.24 bits per heavy atom. The average molecular weight is 463 g/mol. The van der Waals surface area contributed by atoms with Crippen LogP contribution in [0.3, 0.4) is 0 Å². The average Bonchev–Trinajstić information content (AvgIpc) is 3.50. The number of hydrogen-bond donors (Lipinski definition) is 1. The topological polar surface area (TPSA) is 85.8 Å². The number of hydrogen-bond acceptors (Lipinski definition) is 7. The normalized spacial score (nSPS) is 21.1. The second kappa shape index (κ2) is 9.35. The minimum Gasteiger partial charge on any atom is -0.385 e. The molecule has 1 aromatic carbocycles. The zero-order valence-corrected chi connectivity index (χ0v) is 19.8. The van der Waals surface area contributed by atoms with E-state index >= 15 is 0 Å². The van der Waals surface area contributed by atoms with Gasteiger partial charge in [-0.15, -0.1) is 0 Å². The largest absolute Gasteiger partial charge is 0.385 e. The lowest BCUT2D eigenvalue weighted by molar-refractivity contribution is -0.141. The molecule has 2 fully saturated rings. The number of aliphatic hydroxyl groups excluding tert-OH is 1. The van der Waals surface area contributed by atoms with Crippen molar-refractivity contribution in [3.63, 3.8) is 0 Å². The Balaban J connectivity index is 1.13. The molecule has 2 atom stereocenters. The van der Waals surface area contributed by atoms with Crippen molar-refractivity contribution in [2.45, 2.75) is 45.3 Å². The summed E-state index contributed by atoms with van der Waals surface area (Å²) in [7, 11) is 0. The highest BCUT2D eigenvalue weighted by molar-refractivity contribution is 5.59. The van der Waals surface area contributed by atoms with Gasteiger partial charge >= 0.3 is 0 Å². The Hall–Kier alpha value is -2.96. The molecule has 5 rings (SSSR count). The predicted octanol–water partition coefficient (Wildman–Crippen LogP) is 3.07. The highest BCUT2D eigenvalue weighted by Crippen LogP contribution is 2.25. The van der Waals surface area contributed by atoms with E-state index in [-0.39, 0.29) is 6.10 Å². The third kappa shape index (κ3) is 5.24. The molecule has 2 aromatic heterocycles. The third-order valence-electron chi connectivity index (χ3n) is 6.09. The van der Waals surface area contributed by atoms with E-state index in [4.69, 9.17) is 14.0 Å². The van der Waals surface area contributed by atoms with Crippen LogP contribution in [0.25, 0.3) is 11.3 Å². The molecule has 0 radical (unpaired) electrons. The number of rotatable bonds is 6. The summed E-state index contributed by atoms with van der Waals surface area (Å²) in [6, 6.07) is 9.93. The number of likely N-dealkylation sites (tertiary alicyclic amines) is 1. The fraction of sp³-hybridized carbons (Fsp3) is 0.462. The molecule has 2 saturated heterocycles. The van der Waals surface area contributed by atoms with Gasteiger partial charge < -0.3 is 23.7 Å². The molecular formula is C26H30N4O4. The van der Waals surface area contributed by atoms with Crippen LogP contribution in [0.15, 0.2) is 47.2 Å². The first-order chi connectivity index (χ1) is 16.3. The summed E-state index contributed by atoms with van der Waals surface area (Å²) in [6.07, 6.45) is 3.00. The van der Waals surface area contributed by atoms with Gasteiger partial charge in [-0.1, -0.05) is 17.0 Å². The van der Waals surface area contributed by atoms with Gasteiger partial charge in [0.15, 0.2) is 11.5 Å². The summed E-state index contributed by atoms with van der Waals surface area (Å²) >= 11 is 0. The van der Waals surface area contributed by atoms with Crippen LogP contribution in [0.5, 0.6) is 0 Å². The number of imidazole rings is 1. The smallest absolute Gasteiger partial charge is 0.167 e. The number of aromatic nitrogens is 3. The Morgan fingerprint density at radius 2 is 2.03 bits per heavy atom. The van der Waals surface area contributed by atoms with E-state index in [2.05, 4.69) is 26.9 Å². The molecule has 178 valence electrons. The van der Waals surface area contributed by atoms with Gasteiger partial charge in [-0.05, 0) is 45.0 Å². The summed E-state index contributed by atoms with van der Waals surface area (Å²) in [5.74, 6) is 7.90. The first-order valence-electron chi connectivity index (χ1n) is 11.7. The maximum Gasteiger partial charge on any atom is 0.167 e. The van der Waals surface area contributed by atoms with Gasteiger partial charge in [0.1, 0.15) is 17.6 Å². The van der Waals surface area contributed by atoms with Crippen LogP contribution in [-0.2, 0) is 16.0 Å². The molecule has 0 saturated carbocycles. The van der Waals surface area contributed by atoms with E-state index < -0.39 is 11.9 Å². The molecule has 8 heteroatoms. The molecular weight excluding hydrogens is 432 g/mol. The Labute approximate surface area is 199 Å². The minimum absolute atomic E-state index is 0.147. The first-order valence-corrected chi connectivity index (χ1v) is 11.7. The molecule has 4 heterocycles. The molecule has 2 aliphatic rings. The SMILES string of the molecule is C[C@H](O)c1nccn1Cc1cc(-c2ccc(C#CC3CN(C[C@H]4COC(C)(C)O4)C3)cc2)on1. The first kappa shape index (κ1) is 22.8. The van der Waals surface area contributed by atoms with E-state index in [1.54, 1.807) is 13.1 Å². The van der Waals surface area contributed by atoms with Gasteiger partial charge in [0.25, 0.3) is 0 Å². The lowest BCUT2D eigenvalue weighted by atomic mass is 9.99. The van der Waals surface area contributed by atoms with Crippen LogP contribution in [-0.4, -0.2) is 62.8 Å². The Bertz CT molecular complexity index is 1180. The van der Waals surface area contributed by atoms with Gasteiger partial charge in [0.2, 0.25) is 0 Å². The summed E-state index contributed by atoms with van der Waals surface area (Å²) in [4.78, 5) is 6.56. The van der Waals surface area contributed by atoms with Crippen molar-refractivity contribution in [3.8, 4) is 23.2 Å². The highest BCUT2D eigenvalue weighted by atomic mass is 16.7. The molecule has 0 spiro atoms. The predicted molar refractivity (Wildman–Crippen MR) is 126 cm³/mol. The van der Waals surface area contributed by atoms with Gasteiger partial charge in [-0.3, -0.25) is 4.90 Å². The molecule has 2 aliphatic heterocycles. The lowest BCUT2D eigenvalue weighted by Crippen LogP contribution is -2.49. The monoisotopic (exact) mass is 462 g/mol. The third-order valence-corrected chi connectivity index (χ3v) is 6.09. The Morgan fingerprint density at radius 3 is 2.74 bits per heavy atom. The van der Waals surface area contributed by atoms with E-state index in [0.717, 1.165) is 36.5 Å². The van der Waals surface area contributed by atoms with Crippen molar-refractivity contribution in [1.29, 1.82) is 0 Å². The summed E-state index contributed by atoms with van der Waals surface area (Å²) in [5.41, 5.74) is 2.70.